The Morgan fingerprint density at radius 1 is 1.43 bits per heavy atom. The molecule has 0 saturated carbocycles. The molecule has 0 bridgehead atoms. The van der Waals surface area contributed by atoms with Crippen LogP contribution in [-0.4, -0.2) is 18.9 Å². The molecule has 1 aromatic carbocycles. The standard InChI is InChI=1S/C9H12N4O/c1-14-7-4-2-3-6(5-7)8(10)13-9(11)12/h2-5H,1H3,(H5,10,11,12,13). The predicted molar refractivity (Wildman–Crippen MR) is 55.6 cm³/mol. The lowest BCUT2D eigenvalue weighted by Gasteiger charge is -2.03. The highest BCUT2D eigenvalue weighted by atomic mass is 16.5. The fourth-order valence-corrected chi connectivity index (χ4v) is 0.977. The predicted octanol–water partition coefficient (Wildman–Crippen LogP) is 0.294. The molecule has 0 amide bonds. The normalized spacial score (nSPS) is 11.1. The summed E-state index contributed by atoms with van der Waals surface area (Å²) in [7, 11) is 1.57. The summed E-state index contributed by atoms with van der Waals surface area (Å²) >= 11 is 0. The Labute approximate surface area is 81.9 Å². The smallest absolute Gasteiger partial charge is 0.214 e. The zero-order valence-corrected chi connectivity index (χ0v) is 7.82. The van der Waals surface area contributed by atoms with Crippen LogP contribution in [0.2, 0.25) is 0 Å². The van der Waals surface area contributed by atoms with E-state index in [1.807, 2.05) is 0 Å². The second-order valence-electron chi connectivity index (χ2n) is 2.61. The molecule has 5 nitrogen and oxygen atoms in total. The third-order valence-corrected chi connectivity index (χ3v) is 1.61. The molecule has 0 heterocycles. The van der Waals surface area contributed by atoms with Crippen LogP contribution in [0.3, 0.4) is 0 Å². The van der Waals surface area contributed by atoms with Crippen LogP contribution in [0.5, 0.6) is 5.75 Å². The summed E-state index contributed by atoms with van der Waals surface area (Å²) in [5.41, 5.74) is 11.4. The maximum atomic E-state index is 6.95. The molecule has 0 atom stereocenters. The number of nitrogens with two attached hydrogens (primary N) is 2. The molecule has 0 fully saturated rings. The Hall–Kier alpha value is -2.04. The van der Waals surface area contributed by atoms with Crippen molar-refractivity contribution in [3.05, 3.63) is 29.8 Å². The second kappa shape index (κ2) is 4.27. The first-order valence-corrected chi connectivity index (χ1v) is 3.96. The van der Waals surface area contributed by atoms with Gasteiger partial charge in [-0.2, -0.15) is 4.99 Å². The monoisotopic (exact) mass is 192 g/mol. The van der Waals surface area contributed by atoms with E-state index in [4.69, 9.17) is 21.6 Å². The van der Waals surface area contributed by atoms with Gasteiger partial charge in [-0.1, -0.05) is 12.1 Å². The van der Waals surface area contributed by atoms with E-state index in [1.54, 1.807) is 31.4 Å². The van der Waals surface area contributed by atoms with Gasteiger partial charge < -0.3 is 16.2 Å². The van der Waals surface area contributed by atoms with Crippen molar-refractivity contribution in [3.8, 4) is 5.75 Å². The number of rotatable bonds is 2. The highest BCUT2D eigenvalue weighted by Crippen LogP contribution is 2.11. The lowest BCUT2D eigenvalue weighted by molar-refractivity contribution is 0.414. The van der Waals surface area contributed by atoms with Crippen LogP contribution < -0.4 is 16.2 Å². The van der Waals surface area contributed by atoms with Gasteiger partial charge in [0.15, 0.2) is 0 Å². The molecule has 0 aliphatic rings. The minimum Gasteiger partial charge on any atom is -0.497 e. The molecule has 0 aliphatic carbocycles. The van der Waals surface area contributed by atoms with Crippen LogP contribution in [0.25, 0.3) is 0 Å². The van der Waals surface area contributed by atoms with Gasteiger partial charge in [0.1, 0.15) is 11.6 Å². The highest BCUT2D eigenvalue weighted by molar-refractivity contribution is 6.04. The number of hydrogen-bond donors (Lipinski definition) is 3. The first kappa shape index (κ1) is 10.0. The van der Waals surface area contributed by atoms with Gasteiger partial charge in [-0.25, -0.2) is 0 Å². The first-order valence-electron chi connectivity index (χ1n) is 3.96. The van der Waals surface area contributed by atoms with Crippen molar-refractivity contribution in [2.75, 3.05) is 7.11 Å². The highest BCUT2D eigenvalue weighted by Gasteiger charge is 2.00. The second-order valence-corrected chi connectivity index (χ2v) is 2.61. The third kappa shape index (κ3) is 2.48. The number of benzene rings is 1. The number of hydrogen-bond acceptors (Lipinski definition) is 2. The van der Waals surface area contributed by atoms with Crippen LogP contribution in [0, 0.1) is 5.41 Å². The van der Waals surface area contributed by atoms with Crippen LogP contribution in [0.1, 0.15) is 5.56 Å². The van der Waals surface area contributed by atoms with Gasteiger partial charge in [-0.3, -0.25) is 5.41 Å². The molecule has 0 aliphatic heterocycles. The van der Waals surface area contributed by atoms with E-state index < -0.39 is 0 Å². The van der Waals surface area contributed by atoms with Crippen molar-refractivity contribution in [2.45, 2.75) is 0 Å². The summed E-state index contributed by atoms with van der Waals surface area (Å²) in [5, 5.41) is 6.95. The van der Waals surface area contributed by atoms with Crippen LogP contribution in [0.4, 0.5) is 0 Å². The molecule has 74 valence electrons. The number of amidine groups is 1. The summed E-state index contributed by atoms with van der Waals surface area (Å²) in [6, 6.07) is 7.08. The fraction of sp³-hybridized carbons (Fsp3) is 0.111. The number of nitrogens with zero attached hydrogens (tertiary/aromatic N) is 1. The average molecular weight is 192 g/mol. The average Bonchev–Trinajstić information content (AvgIpc) is 2.17. The van der Waals surface area contributed by atoms with Gasteiger partial charge in [0.05, 0.1) is 7.11 Å². The molecule has 0 aromatic heterocycles. The molecule has 0 spiro atoms. The summed E-state index contributed by atoms with van der Waals surface area (Å²) in [5.74, 6) is 0.575. The summed E-state index contributed by atoms with van der Waals surface area (Å²) in [6.07, 6.45) is 0. The van der Waals surface area contributed by atoms with Gasteiger partial charge in [0.2, 0.25) is 5.96 Å². The van der Waals surface area contributed by atoms with Crippen molar-refractivity contribution in [2.24, 2.45) is 16.5 Å². The SMILES string of the molecule is COc1cccc(/C(N)=N/C(=N)N)c1. The van der Waals surface area contributed by atoms with E-state index in [0.29, 0.717) is 11.3 Å². The summed E-state index contributed by atoms with van der Waals surface area (Å²) in [4.78, 5) is 3.62. The fourth-order valence-electron chi connectivity index (χ4n) is 0.977. The van der Waals surface area contributed by atoms with Gasteiger partial charge in [-0.15, -0.1) is 0 Å². The van der Waals surface area contributed by atoms with Gasteiger partial charge >= 0.3 is 0 Å². The summed E-state index contributed by atoms with van der Waals surface area (Å²) in [6.45, 7) is 0. The Morgan fingerprint density at radius 2 is 2.14 bits per heavy atom. The van der Waals surface area contributed by atoms with Crippen molar-refractivity contribution in [1.82, 2.24) is 0 Å². The van der Waals surface area contributed by atoms with Crippen LogP contribution in [-0.2, 0) is 0 Å². The molecule has 1 rings (SSSR count). The van der Waals surface area contributed by atoms with E-state index in [2.05, 4.69) is 4.99 Å². The Kier molecular flexibility index (Phi) is 3.06. The van der Waals surface area contributed by atoms with Crippen LogP contribution >= 0.6 is 0 Å². The molecular weight excluding hydrogens is 180 g/mol. The maximum absolute atomic E-state index is 6.95. The first-order chi connectivity index (χ1) is 6.63. The van der Waals surface area contributed by atoms with Gasteiger partial charge in [-0.05, 0) is 12.1 Å². The topological polar surface area (TPSA) is 97.5 Å². The number of ether oxygens (including phenoxy) is 1. The molecule has 0 radical (unpaired) electrons. The molecule has 0 saturated heterocycles. The number of methoxy groups -OCH3 is 1. The minimum absolute atomic E-state index is 0.205. The quantitative estimate of drug-likeness (QED) is 0.464. The molecule has 5 N–H and O–H groups in total. The third-order valence-electron chi connectivity index (χ3n) is 1.61. The zero-order chi connectivity index (χ0) is 10.6. The lowest BCUT2D eigenvalue weighted by atomic mass is 10.2. The number of nitrogens with one attached hydrogen (secondary N) is 1. The van der Waals surface area contributed by atoms with E-state index >= 15 is 0 Å². The van der Waals surface area contributed by atoms with E-state index in [1.165, 1.54) is 0 Å². The lowest BCUT2D eigenvalue weighted by Crippen LogP contribution is -2.18. The maximum Gasteiger partial charge on any atom is 0.214 e. The molecule has 5 heteroatoms. The largest absolute Gasteiger partial charge is 0.497 e. The van der Waals surface area contributed by atoms with Crippen molar-refractivity contribution >= 4 is 11.8 Å². The van der Waals surface area contributed by atoms with Crippen molar-refractivity contribution < 1.29 is 4.74 Å². The molecule has 0 unspecified atom stereocenters. The Balaban J connectivity index is 3.01. The molecule has 1 aromatic rings. The number of guanidine groups is 1. The van der Waals surface area contributed by atoms with E-state index in [-0.39, 0.29) is 11.8 Å². The Bertz CT molecular complexity index is 373. The van der Waals surface area contributed by atoms with Crippen LogP contribution in [0.15, 0.2) is 29.3 Å². The minimum atomic E-state index is -0.315. The van der Waals surface area contributed by atoms with Crippen molar-refractivity contribution in [1.29, 1.82) is 5.41 Å². The zero-order valence-electron chi connectivity index (χ0n) is 7.82. The summed E-state index contributed by atoms with van der Waals surface area (Å²) < 4.78 is 5.01. The van der Waals surface area contributed by atoms with Crippen molar-refractivity contribution in [3.63, 3.8) is 0 Å². The molecule has 14 heavy (non-hydrogen) atoms. The van der Waals surface area contributed by atoms with Gasteiger partial charge in [0.25, 0.3) is 0 Å². The van der Waals surface area contributed by atoms with Gasteiger partial charge in [0, 0.05) is 5.56 Å². The van der Waals surface area contributed by atoms with E-state index in [9.17, 15) is 0 Å². The number of aliphatic imine (C=N–C) groups is 1. The molecular formula is C9H12N4O. The Morgan fingerprint density at radius 3 is 2.71 bits per heavy atom. The van der Waals surface area contributed by atoms with E-state index in [0.717, 1.165) is 0 Å².